The predicted molar refractivity (Wildman–Crippen MR) is 136 cm³/mol. The van der Waals surface area contributed by atoms with Crippen LogP contribution >= 0.6 is 0 Å². The maximum Gasteiger partial charge on any atom is 0.227 e. The summed E-state index contributed by atoms with van der Waals surface area (Å²) in [5.41, 5.74) is 2.11. The van der Waals surface area contributed by atoms with Crippen LogP contribution in [0.3, 0.4) is 0 Å². The number of piperazine rings is 1. The fourth-order valence-electron chi connectivity index (χ4n) is 5.02. The van der Waals surface area contributed by atoms with Gasteiger partial charge in [0.05, 0.1) is 11.9 Å². The van der Waals surface area contributed by atoms with Crippen molar-refractivity contribution in [3.63, 3.8) is 0 Å². The molecule has 1 fully saturated rings. The Morgan fingerprint density at radius 3 is 2.12 bits per heavy atom. The Kier molecular flexibility index (Phi) is 4.91. The molecule has 0 saturated carbocycles. The van der Waals surface area contributed by atoms with Crippen LogP contribution in [0.25, 0.3) is 32.4 Å². The van der Waals surface area contributed by atoms with E-state index in [0.29, 0.717) is 19.5 Å². The summed E-state index contributed by atoms with van der Waals surface area (Å²) >= 11 is 0. The number of amides is 1. The number of benzene rings is 4. The fourth-order valence-corrected chi connectivity index (χ4v) is 5.02. The molecule has 33 heavy (non-hydrogen) atoms. The van der Waals surface area contributed by atoms with Crippen LogP contribution in [0.15, 0.2) is 91.0 Å². The number of carbonyl (C=O) groups is 1. The Balaban J connectivity index is 1.23. The lowest BCUT2D eigenvalue weighted by molar-refractivity contribution is -0.130. The van der Waals surface area contributed by atoms with Gasteiger partial charge in [-0.15, -0.1) is 0 Å². The molecule has 4 nitrogen and oxygen atoms in total. The van der Waals surface area contributed by atoms with Gasteiger partial charge in [-0.05, 0) is 27.8 Å². The number of anilines is 1. The SMILES string of the molecule is O=C(Cc1cccc2ccccc12)N1CCN(c2nc3ccccc3c3ccccc23)CC1. The summed E-state index contributed by atoms with van der Waals surface area (Å²) in [6.07, 6.45) is 0.443. The van der Waals surface area contributed by atoms with Crippen LogP contribution in [0, 0.1) is 0 Å². The van der Waals surface area contributed by atoms with Crippen molar-refractivity contribution in [3.05, 3.63) is 96.6 Å². The van der Waals surface area contributed by atoms with E-state index in [1.165, 1.54) is 26.9 Å². The van der Waals surface area contributed by atoms with Gasteiger partial charge in [0.25, 0.3) is 0 Å². The van der Waals surface area contributed by atoms with Crippen molar-refractivity contribution in [1.29, 1.82) is 0 Å². The molecule has 0 N–H and O–H groups in total. The molecule has 4 aromatic carbocycles. The zero-order valence-corrected chi connectivity index (χ0v) is 18.4. The number of para-hydroxylation sites is 1. The summed E-state index contributed by atoms with van der Waals surface area (Å²) in [5.74, 6) is 1.22. The molecule has 1 aromatic heterocycles. The molecule has 5 aromatic rings. The average Bonchev–Trinajstić information content (AvgIpc) is 2.88. The second-order valence-electron chi connectivity index (χ2n) is 8.68. The molecule has 0 bridgehead atoms. The number of rotatable bonds is 3. The molecule has 0 radical (unpaired) electrons. The third-order valence-corrected chi connectivity index (χ3v) is 6.74. The van der Waals surface area contributed by atoms with Gasteiger partial charge in [-0.1, -0.05) is 84.9 Å². The highest BCUT2D eigenvalue weighted by atomic mass is 16.2. The number of hydrogen-bond acceptors (Lipinski definition) is 3. The van der Waals surface area contributed by atoms with Crippen LogP contribution < -0.4 is 4.90 Å². The highest BCUT2D eigenvalue weighted by Gasteiger charge is 2.24. The van der Waals surface area contributed by atoms with E-state index in [1.54, 1.807) is 0 Å². The van der Waals surface area contributed by atoms with Crippen molar-refractivity contribution in [2.75, 3.05) is 31.1 Å². The number of fused-ring (bicyclic) bond motifs is 4. The van der Waals surface area contributed by atoms with Crippen LogP contribution in [-0.4, -0.2) is 42.0 Å². The molecular weight excluding hydrogens is 406 g/mol. The zero-order valence-electron chi connectivity index (χ0n) is 18.4. The minimum Gasteiger partial charge on any atom is -0.353 e. The van der Waals surface area contributed by atoms with Gasteiger partial charge in [0.15, 0.2) is 0 Å². The molecule has 1 aliphatic rings. The summed E-state index contributed by atoms with van der Waals surface area (Å²) in [6, 6.07) is 31.3. The Hall–Kier alpha value is -3.92. The summed E-state index contributed by atoms with van der Waals surface area (Å²) in [6.45, 7) is 3.01. The van der Waals surface area contributed by atoms with E-state index in [1.807, 2.05) is 29.2 Å². The topological polar surface area (TPSA) is 36.4 Å². The number of pyridine rings is 1. The smallest absolute Gasteiger partial charge is 0.227 e. The maximum atomic E-state index is 13.1. The number of hydrogen-bond donors (Lipinski definition) is 0. The lowest BCUT2D eigenvalue weighted by Crippen LogP contribution is -2.49. The molecule has 6 rings (SSSR count). The molecule has 162 valence electrons. The van der Waals surface area contributed by atoms with Crippen LogP contribution in [-0.2, 0) is 11.2 Å². The van der Waals surface area contributed by atoms with E-state index in [-0.39, 0.29) is 5.91 Å². The van der Waals surface area contributed by atoms with Gasteiger partial charge < -0.3 is 9.80 Å². The molecule has 0 unspecified atom stereocenters. The lowest BCUT2D eigenvalue weighted by Gasteiger charge is -2.36. The first-order valence-corrected chi connectivity index (χ1v) is 11.5. The quantitative estimate of drug-likeness (QED) is 0.357. The van der Waals surface area contributed by atoms with E-state index in [4.69, 9.17) is 4.98 Å². The van der Waals surface area contributed by atoms with Gasteiger partial charge in [-0.2, -0.15) is 0 Å². The molecule has 4 heteroatoms. The lowest BCUT2D eigenvalue weighted by atomic mass is 10.0. The van der Waals surface area contributed by atoms with E-state index in [9.17, 15) is 4.79 Å². The van der Waals surface area contributed by atoms with E-state index in [0.717, 1.165) is 30.0 Å². The largest absolute Gasteiger partial charge is 0.353 e. The summed E-state index contributed by atoms with van der Waals surface area (Å²) in [7, 11) is 0. The summed E-state index contributed by atoms with van der Waals surface area (Å²) in [5, 5.41) is 5.93. The maximum absolute atomic E-state index is 13.1. The van der Waals surface area contributed by atoms with Crippen LogP contribution in [0.4, 0.5) is 5.82 Å². The second kappa shape index (κ2) is 8.21. The number of carbonyl (C=O) groups excluding carboxylic acids is 1. The minimum atomic E-state index is 0.197. The van der Waals surface area contributed by atoms with Crippen LogP contribution in [0.1, 0.15) is 5.56 Å². The Morgan fingerprint density at radius 2 is 1.30 bits per heavy atom. The molecule has 0 spiro atoms. The first-order chi connectivity index (χ1) is 16.3. The van der Waals surface area contributed by atoms with Crippen molar-refractivity contribution < 1.29 is 4.79 Å². The first-order valence-electron chi connectivity index (χ1n) is 11.5. The first kappa shape index (κ1) is 19.7. The fraction of sp³-hybridized carbons (Fsp3) is 0.172. The normalized spacial score (nSPS) is 14.3. The van der Waals surface area contributed by atoms with Crippen molar-refractivity contribution in [2.45, 2.75) is 6.42 Å². The monoisotopic (exact) mass is 431 g/mol. The molecule has 0 atom stereocenters. The van der Waals surface area contributed by atoms with Crippen molar-refractivity contribution >= 4 is 44.2 Å². The summed E-state index contributed by atoms with van der Waals surface area (Å²) < 4.78 is 0. The molecular formula is C29H25N3O. The van der Waals surface area contributed by atoms with Gasteiger partial charge in [0.2, 0.25) is 5.91 Å². The molecule has 1 amide bonds. The zero-order chi connectivity index (χ0) is 22.2. The van der Waals surface area contributed by atoms with E-state index >= 15 is 0 Å². The Morgan fingerprint density at radius 1 is 0.667 bits per heavy atom. The van der Waals surface area contributed by atoms with Gasteiger partial charge in [0.1, 0.15) is 5.82 Å². The Bertz CT molecular complexity index is 1480. The molecule has 1 aliphatic heterocycles. The van der Waals surface area contributed by atoms with E-state index in [2.05, 4.69) is 71.6 Å². The highest BCUT2D eigenvalue weighted by Crippen LogP contribution is 2.31. The Labute approximate surface area is 193 Å². The third-order valence-electron chi connectivity index (χ3n) is 6.74. The predicted octanol–water partition coefficient (Wildman–Crippen LogP) is 5.43. The molecule has 0 aliphatic carbocycles. The number of nitrogens with zero attached hydrogens (tertiary/aromatic N) is 3. The van der Waals surface area contributed by atoms with Crippen molar-refractivity contribution in [3.8, 4) is 0 Å². The van der Waals surface area contributed by atoms with Gasteiger partial charge in [-0.25, -0.2) is 4.98 Å². The average molecular weight is 432 g/mol. The van der Waals surface area contributed by atoms with Gasteiger partial charge in [0, 0.05) is 37.0 Å². The van der Waals surface area contributed by atoms with Crippen LogP contribution in [0.2, 0.25) is 0 Å². The minimum absolute atomic E-state index is 0.197. The summed E-state index contributed by atoms with van der Waals surface area (Å²) in [4.78, 5) is 22.5. The van der Waals surface area contributed by atoms with Crippen molar-refractivity contribution in [2.24, 2.45) is 0 Å². The van der Waals surface area contributed by atoms with E-state index < -0.39 is 0 Å². The molecule has 2 heterocycles. The third kappa shape index (κ3) is 3.58. The van der Waals surface area contributed by atoms with Crippen molar-refractivity contribution in [1.82, 2.24) is 9.88 Å². The van der Waals surface area contributed by atoms with Crippen LogP contribution in [0.5, 0.6) is 0 Å². The highest BCUT2D eigenvalue weighted by molar-refractivity contribution is 6.10. The van der Waals surface area contributed by atoms with Gasteiger partial charge in [-0.3, -0.25) is 4.79 Å². The van der Waals surface area contributed by atoms with Gasteiger partial charge >= 0.3 is 0 Å². The standard InChI is InChI=1S/C29H25N3O/c33-28(20-22-10-7-9-21-8-1-2-11-23(21)22)31-16-18-32(19-17-31)29-26-14-4-3-12-24(26)25-13-5-6-15-27(25)30-29/h1-15H,16-20H2. The molecule has 1 saturated heterocycles. The number of aromatic nitrogens is 1. The second-order valence-corrected chi connectivity index (χ2v) is 8.68.